The highest BCUT2D eigenvalue weighted by atomic mass is 35.5. The van der Waals surface area contributed by atoms with Crippen molar-refractivity contribution in [1.82, 2.24) is 10.2 Å². The van der Waals surface area contributed by atoms with Crippen molar-refractivity contribution in [3.63, 3.8) is 0 Å². The summed E-state index contributed by atoms with van der Waals surface area (Å²) in [6.07, 6.45) is 0.792. The predicted octanol–water partition coefficient (Wildman–Crippen LogP) is 2.04. The minimum Gasteiger partial charge on any atom is -0.388 e. The van der Waals surface area contributed by atoms with E-state index in [-0.39, 0.29) is 25.5 Å². The molecule has 5 nitrogen and oxygen atoms in total. The molecule has 2 atom stereocenters. The Morgan fingerprint density at radius 2 is 1.86 bits per heavy atom. The number of nitrogens with one attached hydrogen (secondary N) is 1. The fraction of sp³-hybridized carbons (Fsp3) is 0.409. The standard InChI is InChI=1S/C22H27ClN2O3/c23-19-9-5-4-8-18(19)12-13-24-15-22(28)16-25(14-20(22)26)21(27)11-10-17-6-2-1-3-7-17/h1-9,20,24,26,28H,10-16H2/t20-,22+/m1/s1. The van der Waals surface area contributed by atoms with Gasteiger partial charge in [0.2, 0.25) is 5.91 Å². The lowest BCUT2D eigenvalue weighted by Crippen LogP contribution is -2.50. The van der Waals surface area contributed by atoms with Gasteiger partial charge in [0.1, 0.15) is 11.7 Å². The van der Waals surface area contributed by atoms with Gasteiger partial charge >= 0.3 is 0 Å². The largest absolute Gasteiger partial charge is 0.388 e. The van der Waals surface area contributed by atoms with Gasteiger partial charge in [0, 0.05) is 24.5 Å². The monoisotopic (exact) mass is 402 g/mol. The predicted molar refractivity (Wildman–Crippen MR) is 110 cm³/mol. The average molecular weight is 403 g/mol. The summed E-state index contributed by atoms with van der Waals surface area (Å²) in [6, 6.07) is 17.5. The Balaban J connectivity index is 1.45. The number of nitrogens with zero attached hydrogens (tertiary/aromatic N) is 1. The molecule has 0 unspecified atom stereocenters. The minimum atomic E-state index is -1.33. The number of halogens is 1. The molecule has 0 aromatic heterocycles. The van der Waals surface area contributed by atoms with Crippen LogP contribution in [-0.4, -0.2) is 58.9 Å². The third-order valence-corrected chi connectivity index (χ3v) is 5.63. The fourth-order valence-electron chi connectivity index (χ4n) is 3.53. The number of hydrogen-bond donors (Lipinski definition) is 3. The van der Waals surface area contributed by atoms with Crippen molar-refractivity contribution in [3.8, 4) is 0 Å². The van der Waals surface area contributed by atoms with Crippen LogP contribution in [0.1, 0.15) is 17.5 Å². The lowest BCUT2D eigenvalue weighted by Gasteiger charge is -2.26. The number of β-amino-alcohol motifs (C(OH)–C–C–N with tert-alkyl or cyclic N) is 2. The molecule has 0 bridgehead atoms. The molecule has 1 aliphatic rings. The third kappa shape index (κ3) is 5.32. The zero-order valence-corrected chi connectivity index (χ0v) is 16.6. The molecule has 3 rings (SSSR count). The number of aryl methyl sites for hydroxylation is 1. The lowest BCUT2D eigenvalue weighted by molar-refractivity contribution is -0.131. The van der Waals surface area contributed by atoms with Gasteiger partial charge in [0.25, 0.3) is 0 Å². The summed E-state index contributed by atoms with van der Waals surface area (Å²) >= 11 is 6.15. The number of benzene rings is 2. The number of aliphatic hydroxyl groups excluding tert-OH is 1. The summed E-state index contributed by atoms with van der Waals surface area (Å²) in [7, 11) is 0. The topological polar surface area (TPSA) is 72.8 Å². The van der Waals surface area contributed by atoms with Gasteiger partial charge in [-0.3, -0.25) is 4.79 Å². The Morgan fingerprint density at radius 1 is 1.14 bits per heavy atom. The van der Waals surface area contributed by atoms with E-state index in [1.54, 1.807) is 4.90 Å². The van der Waals surface area contributed by atoms with Crippen LogP contribution in [0, 0.1) is 0 Å². The summed E-state index contributed by atoms with van der Waals surface area (Å²) in [4.78, 5) is 14.0. The van der Waals surface area contributed by atoms with Crippen LogP contribution in [-0.2, 0) is 17.6 Å². The second-order valence-corrected chi connectivity index (χ2v) is 7.80. The molecule has 1 saturated heterocycles. The highest BCUT2D eigenvalue weighted by Crippen LogP contribution is 2.23. The Hall–Kier alpha value is -1.92. The summed E-state index contributed by atoms with van der Waals surface area (Å²) in [5.41, 5.74) is 0.809. The molecular weight excluding hydrogens is 376 g/mol. The number of amides is 1. The van der Waals surface area contributed by atoms with Crippen molar-refractivity contribution in [2.75, 3.05) is 26.2 Å². The average Bonchev–Trinajstić information content (AvgIpc) is 3.00. The van der Waals surface area contributed by atoms with Crippen molar-refractivity contribution in [1.29, 1.82) is 0 Å². The molecule has 0 aliphatic carbocycles. The van der Waals surface area contributed by atoms with Gasteiger partial charge in [-0.2, -0.15) is 0 Å². The van der Waals surface area contributed by atoms with Gasteiger partial charge in [-0.25, -0.2) is 0 Å². The molecule has 150 valence electrons. The van der Waals surface area contributed by atoms with E-state index in [4.69, 9.17) is 11.6 Å². The van der Waals surface area contributed by atoms with Crippen molar-refractivity contribution in [2.45, 2.75) is 31.0 Å². The first-order valence-corrected chi connectivity index (χ1v) is 10.0. The molecule has 2 aromatic rings. The number of carbonyl (C=O) groups excluding carboxylic acids is 1. The minimum absolute atomic E-state index is 0.0464. The molecule has 1 amide bonds. The summed E-state index contributed by atoms with van der Waals surface area (Å²) < 4.78 is 0. The Labute approximate surface area is 170 Å². The Kier molecular flexibility index (Phi) is 7.08. The van der Waals surface area contributed by atoms with Crippen molar-refractivity contribution in [3.05, 3.63) is 70.7 Å². The molecule has 6 heteroatoms. The fourth-order valence-corrected chi connectivity index (χ4v) is 3.76. The molecule has 1 fully saturated rings. The summed E-state index contributed by atoms with van der Waals surface area (Å²) in [5.74, 6) is -0.0464. The van der Waals surface area contributed by atoms with E-state index < -0.39 is 11.7 Å². The van der Waals surface area contributed by atoms with Crippen LogP contribution >= 0.6 is 11.6 Å². The van der Waals surface area contributed by atoms with Gasteiger partial charge < -0.3 is 20.4 Å². The summed E-state index contributed by atoms with van der Waals surface area (Å²) in [5, 5.41) is 25.0. The number of carbonyl (C=O) groups is 1. The molecule has 0 saturated carbocycles. The summed E-state index contributed by atoms with van der Waals surface area (Å²) in [6.45, 7) is 1.15. The first-order chi connectivity index (χ1) is 13.5. The van der Waals surface area contributed by atoms with Crippen LogP contribution in [0.25, 0.3) is 0 Å². The third-order valence-electron chi connectivity index (χ3n) is 5.26. The zero-order valence-electron chi connectivity index (χ0n) is 15.9. The van der Waals surface area contributed by atoms with E-state index in [1.807, 2.05) is 54.6 Å². The molecule has 3 N–H and O–H groups in total. The number of hydrogen-bond acceptors (Lipinski definition) is 4. The van der Waals surface area contributed by atoms with E-state index in [2.05, 4.69) is 5.32 Å². The van der Waals surface area contributed by atoms with Crippen LogP contribution in [0.4, 0.5) is 0 Å². The van der Waals surface area contributed by atoms with E-state index in [9.17, 15) is 15.0 Å². The maximum Gasteiger partial charge on any atom is 0.223 e. The second kappa shape index (κ2) is 9.52. The molecule has 2 aromatic carbocycles. The van der Waals surface area contributed by atoms with Crippen LogP contribution < -0.4 is 5.32 Å². The number of likely N-dealkylation sites (tertiary alicyclic amines) is 1. The lowest BCUT2D eigenvalue weighted by atomic mass is 10.0. The molecule has 0 radical (unpaired) electrons. The van der Waals surface area contributed by atoms with Gasteiger partial charge in [0.15, 0.2) is 0 Å². The van der Waals surface area contributed by atoms with E-state index in [0.29, 0.717) is 19.4 Å². The highest BCUT2D eigenvalue weighted by Gasteiger charge is 2.45. The van der Waals surface area contributed by atoms with Crippen LogP contribution in [0.5, 0.6) is 0 Å². The van der Waals surface area contributed by atoms with E-state index in [0.717, 1.165) is 22.6 Å². The van der Waals surface area contributed by atoms with Gasteiger partial charge in [-0.1, -0.05) is 60.1 Å². The van der Waals surface area contributed by atoms with Crippen molar-refractivity contribution < 1.29 is 15.0 Å². The SMILES string of the molecule is O=C(CCc1ccccc1)N1C[C@@H](O)[C@](O)(CNCCc2ccccc2Cl)C1. The number of rotatable bonds is 8. The van der Waals surface area contributed by atoms with E-state index in [1.165, 1.54) is 0 Å². The van der Waals surface area contributed by atoms with Crippen LogP contribution in [0.3, 0.4) is 0 Å². The van der Waals surface area contributed by atoms with Gasteiger partial charge in [-0.15, -0.1) is 0 Å². The first kappa shape index (κ1) is 20.8. The molecule has 1 aliphatic heterocycles. The second-order valence-electron chi connectivity index (χ2n) is 7.40. The van der Waals surface area contributed by atoms with Crippen LogP contribution in [0.15, 0.2) is 54.6 Å². The van der Waals surface area contributed by atoms with Crippen molar-refractivity contribution in [2.24, 2.45) is 0 Å². The quantitative estimate of drug-likeness (QED) is 0.591. The smallest absolute Gasteiger partial charge is 0.223 e. The maximum absolute atomic E-state index is 12.5. The normalized spacial score (nSPS) is 21.8. The molecular formula is C22H27ClN2O3. The van der Waals surface area contributed by atoms with E-state index >= 15 is 0 Å². The van der Waals surface area contributed by atoms with Crippen LogP contribution in [0.2, 0.25) is 5.02 Å². The number of aliphatic hydroxyl groups is 2. The van der Waals surface area contributed by atoms with Gasteiger partial charge in [-0.05, 0) is 36.6 Å². The zero-order chi connectivity index (χ0) is 20.0. The first-order valence-electron chi connectivity index (χ1n) is 9.64. The molecule has 0 spiro atoms. The van der Waals surface area contributed by atoms with Gasteiger partial charge in [0.05, 0.1) is 6.54 Å². The molecule has 28 heavy (non-hydrogen) atoms. The van der Waals surface area contributed by atoms with Crippen molar-refractivity contribution >= 4 is 17.5 Å². The molecule has 1 heterocycles. The highest BCUT2D eigenvalue weighted by molar-refractivity contribution is 6.31. The maximum atomic E-state index is 12.5. The Morgan fingerprint density at radius 3 is 2.61 bits per heavy atom. The Bertz CT molecular complexity index is 786.